The molecule has 1 aromatic heterocycles. The first-order chi connectivity index (χ1) is 24.2. The van der Waals surface area contributed by atoms with Gasteiger partial charge in [-0.3, -0.25) is 0 Å². The summed E-state index contributed by atoms with van der Waals surface area (Å²) in [7, 11) is 0. The molecule has 1 heterocycles. The number of benzene rings is 8. The Morgan fingerprint density at radius 1 is 0.306 bits per heavy atom. The van der Waals surface area contributed by atoms with Gasteiger partial charge in [-0.25, -0.2) is 9.37 Å². The van der Waals surface area contributed by atoms with Crippen LogP contribution in [0.5, 0.6) is 0 Å². The summed E-state index contributed by atoms with van der Waals surface area (Å²) in [5.74, 6) is -0.253. The quantitative estimate of drug-likeness (QED) is 0.173. The third-order valence-electron chi connectivity index (χ3n) is 9.58. The van der Waals surface area contributed by atoms with E-state index in [-0.39, 0.29) is 5.82 Å². The molecule has 0 unspecified atom stereocenters. The Bertz CT molecular complexity index is 2610. The fourth-order valence-electron chi connectivity index (χ4n) is 7.07. The SMILES string of the molecule is Fc1ccc(-c2nc3ccccc3c3c2ccc2c(-c4ccc(-c5ccc(-c6ccc(-c7ccccc7)cc6)cc5)cc4)cccc23)cc1. The van der Waals surface area contributed by atoms with Crippen LogP contribution in [0.4, 0.5) is 4.39 Å². The molecule has 0 aliphatic carbocycles. The maximum absolute atomic E-state index is 13.8. The van der Waals surface area contributed by atoms with Crippen LogP contribution in [-0.2, 0) is 0 Å². The standard InChI is InChI=1S/C47H30FN/c48-39-27-25-38(26-28-39)47-44-30-29-41-40(10-6-11-42(41)46(44)43-9-4-5-12-45(43)49-47)37-23-21-36(22-24-37)35-19-17-34(18-20-35)33-15-13-32(14-16-33)31-7-2-1-3-8-31/h1-30H. The van der Waals surface area contributed by atoms with E-state index in [0.29, 0.717) is 0 Å². The van der Waals surface area contributed by atoms with E-state index in [1.807, 2.05) is 24.3 Å². The van der Waals surface area contributed by atoms with E-state index in [1.54, 1.807) is 0 Å². The highest BCUT2D eigenvalue weighted by atomic mass is 19.1. The van der Waals surface area contributed by atoms with E-state index in [1.165, 1.54) is 67.4 Å². The molecular weight excluding hydrogens is 598 g/mol. The Morgan fingerprint density at radius 2 is 0.776 bits per heavy atom. The summed E-state index contributed by atoms with van der Waals surface area (Å²) < 4.78 is 13.8. The fourth-order valence-corrected chi connectivity index (χ4v) is 7.07. The molecule has 0 radical (unpaired) electrons. The summed E-state index contributed by atoms with van der Waals surface area (Å²) in [5, 5.41) is 5.69. The molecule has 0 fully saturated rings. The molecule has 8 aromatic carbocycles. The van der Waals surface area contributed by atoms with Gasteiger partial charge in [0.15, 0.2) is 0 Å². The van der Waals surface area contributed by atoms with Gasteiger partial charge in [-0.15, -0.1) is 0 Å². The van der Waals surface area contributed by atoms with Crippen molar-refractivity contribution in [1.82, 2.24) is 4.98 Å². The predicted molar refractivity (Wildman–Crippen MR) is 204 cm³/mol. The van der Waals surface area contributed by atoms with Gasteiger partial charge in [-0.2, -0.15) is 0 Å². The van der Waals surface area contributed by atoms with Crippen molar-refractivity contribution < 1.29 is 4.39 Å². The molecule has 2 heteroatoms. The third kappa shape index (κ3) is 5.24. The Labute approximate surface area is 284 Å². The van der Waals surface area contributed by atoms with Gasteiger partial charge in [0.2, 0.25) is 0 Å². The van der Waals surface area contributed by atoms with Crippen LogP contribution >= 0.6 is 0 Å². The highest BCUT2D eigenvalue weighted by molar-refractivity contribution is 6.24. The molecule has 0 N–H and O–H groups in total. The summed E-state index contributed by atoms with van der Waals surface area (Å²) in [5.41, 5.74) is 12.3. The molecule has 1 nitrogen and oxygen atoms in total. The fraction of sp³-hybridized carbons (Fsp3) is 0. The highest BCUT2D eigenvalue weighted by Gasteiger charge is 2.15. The van der Waals surface area contributed by atoms with Gasteiger partial charge in [0, 0.05) is 21.7 Å². The van der Waals surface area contributed by atoms with Crippen LogP contribution in [0.2, 0.25) is 0 Å². The van der Waals surface area contributed by atoms with Gasteiger partial charge in [0.25, 0.3) is 0 Å². The lowest BCUT2D eigenvalue weighted by atomic mass is 9.91. The number of rotatable bonds is 5. The van der Waals surface area contributed by atoms with Crippen molar-refractivity contribution in [3.63, 3.8) is 0 Å². The van der Waals surface area contributed by atoms with Crippen LogP contribution < -0.4 is 0 Å². The van der Waals surface area contributed by atoms with Gasteiger partial charge in [0.05, 0.1) is 11.2 Å². The van der Waals surface area contributed by atoms with Gasteiger partial charge < -0.3 is 0 Å². The van der Waals surface area contributed by atoms with Crippen LogP contribution in [0.25, 0.3) is 88.2 Å². The zero-order valence-electron chi connectivity index (χ0n) is 26.6. The Kier molecular flexibility index (Phi) is 7.06. The summed E-state index contributed by atoms with van der Waals surface area (Å²) in [4.78, 5) is 5.04. The van der Waals surface area contributed by atoms with Crippen LogP contribution in [0, 0.1) is 5.82 Å². The van der Waals surface area contributed by atoms with E-state index < -0.39 is 0 Å². The van der Waals surface area contributed by atoms with Crippen molar-refractivity contribution in [3.05, 3.63) is 188 Å². The monoisotopic (exact) mass is 627 g/mol. The number of nitrogens with zero attached hydrogens (tertiary/aromatic N) is 1. The maximum atomic E-state index is 13.8. The van der Waals surface area contributed by atoms with Gasteiger partial charge in [0.1, 0.15) is 5.82 Å². The van der Waals surface area contributed by atoms with Gasteiger partial charge in [-0.05, 0) is 85.6 Å². The molecule has 0 saturated heterocycles. The Balaban J connectivity index is 1.06. The normalized spacial score (nSPS) is 11.4. The Hall–Kier alpha value is -6.38. The molecule has 0 aliphatic heterocycles. The van der Waals surface area contributed by atoms with Crippen LogP contribution in [0.15, 0.2) is 182 Å². The zero-order valence-corrected chi connectivity index (χ0v) is 26.6. The maximum Gasteiger partial charge on any atom is 0.123 e. The second-order valence-corrected chi connectivity index (χ2v) is 12.5. The van der Waals surface area contributed by atoms with E-state index in [4.69, 9.17) is 4.98 Å². The first kappa shape index (κ1) is 28.8. The van der Waals surface area contributed by atoms with E-state index in [9.17, 15) is 4.39 Å². The Morgan fingerprint density at radius 3 is 1.39 bits per heavy atom. The van der Waals surface area contributed by atoms with Crippen LogP contribution in [0.3, 0.4) is 0 Å². The number of halogens is 1. The molecule has 0 spiro atoms. The molecule has 0 atom stereocenters. The zero-order chi connectivity index (χ0) is 32.7. The second kappa shape index (κ2) is 12.0. The number of hydrogen-bond acceptors (Lipinski definition) is 1. The number of fused-ring (bicyclic) bond motifs is 5. The van der Waals surface area contributed by atoms with Crippen molar-refractivity contribution >= 4 is 32.4 Å². The summed E-state index contributed by atoms with van der Waals surface area (Å²) >= 11 is 0. The van der Waals surface area contributed by atoms with E-state index >= 15 is 0 Å². The highest BCUT2D eigenvalue weighted by Crippen LogP contribution is 2.40. The first-order valence-corrected chi connectivity index (χ1v) is 16.6. The molecule has 0 bridgehead atoms. The molecule has 0 aliphatic rings. The van der Waals surface area contributed by atoms with Crippen LogP contribution in [-0.4, -0.2) is 4.98 Å². The number of para-hydroxylation sites is 1. The van der Waals surface area contributed by atoms with Crippen molar-refractivity contribution in [2.24, 2.45) is 0 Å². The number of aromatic nitrogens is 1. The minimum absolute atomic E-state index is 0.253. The topological polar surface area (TPSA) is 12.9 Å². The summed E-state index contributed by atoms with van der Waals surface area (Å²) in [6, 6.07) is 62.8. The molecular formula is C47H30FN. The van der Waals surface area contributed by atoms with Crippen molar-refractivity contribution in [2.75, 3.05) is 0 Å². The number of hydrogen-bond donors (Lipinski definition) is 0. The molecule has 0 saturated carbocycles. The average molecular weight is 628 g/mol. The smallest absolute Gasteiger partial charge is 0.123 e. The largest absolute Gasteiger partial charge is 0.247 e. The second-order valence-electron chi connectivity index (χ2n) is 12.5. The minimum Gasteiger partial charge on any atom is -0.247 e. The molecule has 9 aromatic rings. The van der Waals surface area contributed by atoms with E-state index in [2.05, 4.69) is 146 Å². The van der Waals surface area contributed by atoms with Gasteiger partial charge in [-0.1, -0.05) is 152 Å². The molecule has 9 rings (SSSR count). The average Bonchev–Trinajstić information content (AvgIpc) is 3.18. The van der Waals surface area contributed by atoms with Crippen molar-refractivity contribution in [1.29, 1.82) is 0 Å². The lowest BCUT2D eigenvalue weighted by Crippen LogP contribution is -1.92. The summed E-state index contributed by atoms with van der Waals surface area (Å²) in [6.07, 6.45) is 0. The van der Waals surface area contributed by atoms with Crippen molar-refractivity contribution in [3.8, 4) is 55.8 Å². The van der Waals surface area contributed by atoms with Crippen molar-refractivity contribution in [2.45, 2.75) is 0 Å². The van der Waals surface area contributed by atoms with E-state index in [0.717, 1.165) is 32.9 Å². The molecule has 0 amide bonds. The minimum atomic E-state index is -0.253. The third-order valence-corrected chi connectivity index (χ3v) is 9.58. The summed E-state index contributed by atoms with van der Waals surface area (Å²) in [6.45, 7) is 0. The van der Waals surface area contributed by atoms with Gasteiger partial charge >= 0.3 is 0 Å². The molecule has 49 heavy (non-hydrogen) atoms. The lowest BCUT2D eigenvalue weighted by molar-refractivity contribution is 0.628. The lowest BCUT2D eigenvalue weighted by Gasteiger charge is -2.15. The van der Waals surface area contributed by atoms with Crippen LogP contribution in [0.1, 0.15) is 0 Å². The first-order valence-electron chi connectivity index (χ1n) is 16.6. The predicted octanol–water partition coefficient (Wildman–Crippen LogP) is 13.0. The number of pyridine rings is 1. The molecule has 230 valence electrons.